The minimum atomic E-state index is -0.876. The summed E-state index contributed by atoms with van der Waals surface area (Å²) < 4.78 is 0. The van der Waals surface area contributed by atoms with Gasteiger partial charge in [0, 0.05) is 0 Å². The third-order valence-electron chi connectivity index (χ3n) is 3.88. The Hall–Kier alpha value is -0.830. The Morgan fingerprint density at radius 1 is 0.905 bits per heavy atom. The van der Waals surface area contributed by atoms with Crippen molar-refractivity contribution >= 4 is 5.97 Å². The fourth-order valence-corrected chi connectivity index (χ4v) is 2.40. The average Bonchev–Trinajstić information content (AvgIpc) is 2.47. The van der Waals surface area contributed by atoms with Crippen LogP contribution in [0.4, 0.5) is 0 Å². The molecule has 0 amide bonds. The van der Waals surface area contributed by atoms with Crippen LogP contribution in [0.25, 0.3) is 0 Å². The van der Waals surface area contributed by atoms with Crippen molar-refractivity contribution in [1.82, 2.24) is 0 Å². The zero-order valence-corrected chi connectivity index (χ0v) is 13.7. The smallest absolute Gasteiger partial charge is 0.308 e. The Morgan fingerprint density at radius 2 is 1.43 bits per heavy atom. The van der Waals surface area contributed by atoms with E-state index in [1.165, 1.54) is 44.9 Å². The molecule has 124 valence electrons. The van der Waals surface area contributed by atoms with Gasteiger partial charge < -0.3 is 10.2 Å². The first-order valence-corrected chi connectivity index (χ1v) is 8.71. The van der Waals surface area contributed by atoms with E-state index in [2.05, 4.69) is 19.1 Å². The number of hydrogen-bond donors (Lipinski definition) is 2. The van der Waals surface area contributed by atoms with Gasteiger partial charge in [0.2, 0.25) is 0 Å². The molecule has 1 atom stereocenters. The van der Waals surface area contributed by atoms with Gasteiger partial charge in [0.1, 0.15) is 0 Å². The lowest BCUT2D eigenvalue weighted by Gasteiger charge is -2.07. The van der Waals surface area contributed by atoms with Gasteiger partial charge in [-0.05, 0) is 32.1 Å². The Kier molecular flexibility index (Phi) is 14.9. The molecule has 0 fully saturated rings. The molecule has 0 bridgehead atoms. The van der Waals surface area contributed by atoms with E-state index in [9.17, 15) is 4.79 Å². The number of rotatable bonds is 15. The van der Waals surface area contributed by atoms with Gasteiger partial charge in [-0.15, -0.1) is 0 Å². The molecule has 0 aliphatic rings. The maximum atomic E-state index is 10.7. The molecule has 0 aromatic rings. The van der Waals surface area contributed by atoms with Crippen LogP contribution in [0.3, 0.4) is 0 Å². The second-order valence-electron chi connectivity index (χ2n) is 5.88. The number of carboxylic acid groups (broad SMARTS) is 1. The van der Waals surface area contributed by atoms with Crippen LogP contribution in [-0.4, -0.2) is 22.8 Å². The maximum Gasteiger partial charge on any atom is 0.308 e. The molecule has 0 radical (unpaired) electrons. The van der Waals surface area contributed by atoms with Crippen LogP contribution in [0, 0.1) is 5.92 Å². The number of unbranched alkanes of at least 4 members (excludes halogenated alkanes) is 9. The quantitative estimate of drug-likeness (QED) is 0.333. The van der Waals surface area contributed by atoms with E-state index in [4.69, 9.17) is 10.2 Å². The van der Waals surface area contributed by atoms with Crippen molar-refractivity contribution in [2.24, 2.45) is 5.92 Å². The third-order valence-corrected chi connectivity index (χ3v) is 3.88. The van der Waals surface area contributed by atoms with Crippen LogP contribution in [0.1, 0.15) is 84.0 Å². The Bertz CT molecular complexity index is 261. The number of aliphatic hydroxyl groups is 1. The van der Waals surface area contributed by atoms with Gasteiger partial charge in [-0.25, -0.2) is 0 Å². The highest BCUT2D eigenvalue weighted by atomic mass is 16.4. The van der Waals surface area contributed by atoms with E-state index < -0.39 is 11.9 Å². The first-order valence-electron chi connectivity index (χ1n) is 8.71. The molecule has 0 spiro atoms. The van der Waals surface area contributed by atoms with Gasteiger partial charge >= 0.3 is 5.97 Å². The molecule has 21 heavy (non-hydrogen) atoms. The van der Waals surface area contributed by atoms with Crippen LogP contribution in [0.5, 0.6) is 0 Å². The predicted molar refractivity (Wildman–Crippen MR) is 88.4 cm³/mol. The standard InChI is InChI=1S/C18H34O3/c1-2-3-4-5-6-7-8-9-10-11-12-13-14-15-17(16-19)18(20)21/h8-9,17,19H,2-7,10-16H2,1H3,(H,20,21)/b9-8+. The lowest BCUT2D eigenvalue weighted by molar-refractivity contribution is -0.143. The first-order chi connectivity index (χ1) is 10.2. The van der Waals surface area contributed by atoms with Crippen molar-refractivity contribution in [2.45, 2.75) is 84.0 Å². The Labute approximate surface area is 130 Å². The van der Waals surface area contributed by atoms with Crippen molar-refractivity contribution in [3.05, 3.63) is 12.2 Å². The highest BCUT2D eigenvalue weighted by Gasteiger charge is 2.14. The lowest BCUT2D eigenvalue weighted by atomic mass is 10.0. The van der Waals surface area contributed by atoms with Crippen LogP contribution in [-0.2, 0) is 4.79 Å². The average molecular weight is 298 g/mol. The van der Waals surface area contributed by atoms with Crippen LogP contribution in [0.15, 0.2) is 12.2 Å². The molecule has 2 N–H and O–H groups in total. The molecule has 0 aliphatic heterocycles. The van der Waals surface area contributed by atoms with Crippen LogP contribution >= 0.6 is 0 Å². The largest absolute Gasteiger partial charge is 0.481 e. The molecule has 0 saturated heterocycles. The number of hydrogen-bond acceptors (Lipinski definition) is 2. The number of allylic oxidation sites excluding steroid dienone is 2. The minimum Gasteiger partial charge on any atom is -0.481 e. The third kappa shape index (κ3) is 13.9. The summed E-state index contributed by atoms with van der Waals surface area (Å²) >= 11 is 0. The second-order valence-corrected chi connectivity index (χ2v) is 5.88. The minimum absolute atomic E-state index is 0.240. The molecule has 1 unspecified atom stereocenters. The topological polar surface area (TPSA) is 57.5 Å². The zero-order chi connectivity index (χ0) is 15.8. The second kappa shape index (κ2) is 15.6. The fraction of sp³-hybridized carbons (Fsp3) is 0.833. The summed E-state index contributed by atoms with van der Waals surface area (Å²) in [7, 11) is 0. The Morgan fingerprint density at radius 3 is 1.90 bits per heavy atom. The summed E-state index contributed by atoms with van der Waals surface area (Å²) in [5, 5.41) is 17.7. The van der Waals surface area contributed by atoms with Gasteiger partial charge in [-0.2, -0.15) is 0 Å². The molecule has 0 heterocycles. The van der Waals surface area contributed by atoms with Crippen molar-refractivity contribution in [3.63, 3.8) is 0 Å². The monoisotopic (exact) mass is 298 g/mol. The van der Waals surface area contributed by atoms with E-state index in [1.807, 2.05) is 0 Å². The summed E-state index contributed by atoms with van der Waals surface area (Å²) in [6.45, 7) is 2.00. The molecule has 3 heteroatoms. The van der Waals surface area contributed by atoms with Gasteiger partial charge in [0.15, 0.2) is 0 Å². The van der Waals surface area contributed by atoms with Gasteiger partial charge in [-0.1, -0.05) is 64.0 Å². The summed E-state index contributed by atoms with van der Waals surface area (Å²) in [5.41, 5.74) is 0. The fourth-order valence-electron chi connectivity index (χ4n) is 2.40. The van der Waals surface area contributed by atoms with Crippen molar-refractivity contribution in [3.8, 4) is 0 Å². The molecular formula is C18H34O3. The van der Waals surface area contributed by atoms with Gasteiger partial charge in [-0.3, -0.25) is 4.79 Å². The Balaban J connectivity index is 3.26. The number of carbonyl (C=O) groups is 1. The number of aliphatic carboxylic acids is 1. The zero-order valence-electron chi connectivity index (χ0n) is 13.7. The van der Waals surface area contributed by atoms with Crippen LogP contribution in [0.2, 0.25) is 0 Å². The maximum absolute atomic E-state index is 10.7. The summed E-state index contributed by atoms with van der Waals surface area (Å²) in [6.07, 6.45) is 18.5. The summed E-state index contributed by atoms with van der Waals surface area (Å²) in [6, 6.07) is 0. The van der Waals surface area contributed by atoms with E-state index in [0.717, 1.165) is 25.7 Å². The molecule has 0 rings (SSSR count). The molecule has 0 aromatic carbocycles. The van der Waals surface area contributed by atoms with Gasteiger partial charge in [0.25, 0.3) is 0 Å². The van der Waals surface area contributed by atoms with E-state index in [0.29, 0.717) is 6.42 Å². The first kappa shape index (κ1) is 20.2. The molecule has 0 aliphatic carbocycles. The molecule has 3 nitrogen and oxygen atoms in total. The predicted octanol–water partition coefficient (Wildman–Crippen LogP) is 4.94. The van der Waals surface area contributed by atoms with Crippen LogP contribution < -0.4 is 0 Å². The molecule has 0 aromatic heterocycles. The van der Waals surface area contributed by atoms with E-state index in [1.54, 1.807) is 0 Å². The molecular weight excluding hydrogens is 264 g/mol. The molecule has 0 saturated carbocycles. The van der Waals surface area contributed by atoms with Crippen molar-refractivity contribution in [2.75, 3.05) is 6.61 Å². The van der Waals surface area contributed by atoms with Crippen molar-refractivity contribution in [1.29, 1.82) is 0 Å². The highest BCUT2D eigenvalue weighted by Crippen LogP contribution is 2.12. The van der Waals surface area contributed by atoms with Gasteiger partial charge in [0.05, 0.1) is 12.5 Å². The highest BCUT2D eigenvalue weighted by molar-refractivity contribution is 5.69. The summed E-state index contributed by atoms with van der Waals surface area (Å²) in [4.78, 5) is 10.7. The lowest BCUT2D eigenvalue weighted by Crippen LogP contribution is -2.17. The number of carboxylic acids is 1. The SMILES string of the molecule is CCCCCCC/C=C/CCCCCCC(CO)C(=O)O. The van der Waals surface area contributed by atoms with Crippen molar-refractivity contribution < 1.29 is 15.0 Å². The van der Waals surface area contributed by atoms with E-state index >= 15 is 0 Å². The summed E-state index contributed by atoms with van der Waals surface area (Å²) in [5.74, 6) is -1.45. The van der Waals surface area contributed by atoms with E-state index in [-0.39, 0.29) is 6.61 Å². The normalized spacial score (nSPS) is 12.9. The number of aliphatic hydroxyl groups excluding tert-OH is 1.